The lowest BCUT2D eigenvalue weighted by Gasteiger charge is -2.19. The van der Waals surface area contributed by atoms with Crippen LogP contribution >= 0.6 is 7.37 Å². The van der Waals surface area contributed by atoms with Gasteiger partial charge in [-0.05, 0) is 25.2 Å². The molecule has 0 amide bonds. The van der Waals surface area contributed by atoms with Gasteiger partial charge in [0.15, 0.2) is 0 Å². The van der Waals surface area contributed by atoms with Crippen LogP contribution in [0.2, 0.25) is 0 Å². The Labute approximate surface area is 115 Å². The smallest absolute Gasteiger partial charge is 0.331 e. The normalized spacial score (nSPS) is 21.1. The zero-order valence-electron chi connectivity index (χ0n) is 11.7. The maximum Gasteiger partial charge on any atom is 0.331 e. The van der Waals surface area contributed by atoms with Crippen molar-refractivity contribution in [2.24, 2.45) is 5.92 Å². The largest absolute Gasteiger partial charge is 0.478 e. The summed E-state index contributed by atoms with van der Waals surface area (Å²) in [6.07, 6.45) is 8.75. The molecule has 0 aromatic rings. The number of rotatable bonds is 7. The van der Waals surface area contributed by atoms with Crippen molar-refractivity contribution in [2.45, 2.75) is 51.9 Å². The maximum absolute atomic E-state index is 12.0. The van der Waals surface area contributed by atoms with Crippen molar-refractivity contribution < 1.29 is 19.4 Å². The van der Waals surface area contributed by atoms with Crippen molar-refractivity contribution in [3.05, 3.63) is 11.6 Å². The molecule has 1 aliphatic rings. The van der Waals surface area contributed by atoms with Gasteiger partial charge in [-0.2, -0.15) is 0 Å². The molecule has 19 heavy (non-hydrogen) atoms. The maximum atomic E-state index is 12.0. The number of unbranched alkanes of at least 4 members (excludes halogenated alkanes) is 1. The summed E-state index contributed by atoms with van der Waals surface area (Å²) in [5, 5.41) is 9.19. The van der Waals surface area contributed by atoms with Gasteiger partial charge < -0.3 is 10.00 Å². The number of allylic oxidation sites excluding steroid dienone is 1. The second kappa shape index (κ2) is 7.86. The van der Waals surface area contributed by atoms with Crippen LogP contribution in [0.4, 0.5) is 0 Å². The van der Waals surface area contributed by atoms with E-state index < -0.39 is 13.3 Å². The Morgan fingerprint density at radius 3 is 2.47 bits per heavy atom. The standard InChI is InChI=1S/C14H25O4P/c1-2-3-9-19(17,18)11-13(14(15)16)10-12-7-5-4-6-8-12/h10,12H,2-9,11H2,1H3,(H,15,16)(H,17,18)/b13-10-. The van der Waals surface area contributed by atoms with Gasteiger partial charge in [-0.15, -0.1) is 0 Å². The molecule has 0 radical (unpaired) electrons. The number of carboxylic acids is 1. The summed E-state index contributed by atoms with van der Waals surface area (Å²) in [5.41, 5.74) is 0.133. The van der Waals surface area contributed by atoms with Gasteiger partial charge in [0.1, 0.15) is 0 Å². The van der Waals surface area contributed by atoms with Crippen LogP contribution in [0.1, 0.15) is 51.9 Å². The third-order valence-electron chi connectivity index (χ3n) is 3.64. The highest BCUT2D eigenvalue weighted by atomic mass is 31.2. The van der Waals surface area contributed by atoms with E-state index in [1.807, 2.05) is 6.92 Å². The fourth-order valence-corrected chi connectivity index (χ4v) is 4.27. The van der Waals surface area contributed by atoms with Gasteiger partial charge >= 0.3 is 5.97 Å². The minimum absolute atomic E-state index is 0.133. The molecule has 1 fully saturated rings. The SMILES string of the molecule is CCCCP(=O)(O)C/C(=C/C1CCCCC1)C(=O)O. The summed E-state index contributed by atoms with van der Waals surface area (Å²) >= 11 is 0. The lowest BCUT2D eigenvalue weighted by Crippen LogP contribution is -2.11. The fraction of sp³-hybridized carbons (Fsp3) is 0.786. The van der Waals surface area contributed by atoms with Crippen LogP contribution in [-0.4, -0.2) is 28.3 Å². The molecule has 0 heterocycles. The van der Waals surface area contributed by atoms with Crippen LogP contribution in [0.3, 0.4) is 0 Å². The van der Waals surface area contributed by atoms with E-state index in [0.717, 1.165) is 32.1 Å². The molecule has 0 aromatic heterocycles. The lowest BCUT2D eigenvalue weighted by molar-refractivity contribution is -0.132. The number of carboxylic acid groups (broad SMARTS) is 1. The Morgan fingerprint density at radius 1 is 1.32 bits per heavy atom. The monoisotopic (exact) mass is 288 g/mol. The quantitative estimate of drug-likeness (QED) is 0.554. The predicted molar refractivity (Wildman–Crippen MR) is 76.8 cm³/mol. The van der Waals surface area contributed by atoms with E-state index in [9.17, 15) is 19.4 Å². The van der Waals surface area contributed by atoms with E-state index in [-0.39, 0.29) is 23.8 Å². The van der Waals surface area contributed by atoms with Gasteiger partial charge in [-0.25, -0.2) is 4.79 Å². The van der Waals surface area contributed by atoms with Crippen molar-refractivity contribution in [3.63, 3.8) is 0 Å². The van der Waals surface area contributed by atoms with Crippen LogP contribution in [0.15, 0.2) is 11.6 Å². The molecule has 1 atom stereocenters. The molecule has 0 bridgehead atoms. The van der Waals surface area contributed by atoms with E-state index in [0.29, 0.717) is 6.42 Å². The van der Waals surface area contributed by atoms with Crippen LogP contribution in [0, 0.1) is 5.92 Å². The molecule has 0 aromatic carbocycles. The van der Waals surface area contributed by atoms with Crippen LogP contribution < -0.4 is 0 Å². The zero-order valence-corrected chi connectivity index (χ0v) is 12.6. The third kappa shape index (κ3) is 6.40. The molecule has 2 N–H and O–H groups in total. The van der Waals surface area contributed by atoms with Crippen LogP contribution in [0.25, 0.3) is 0 Å². The molecule has 110 valence electrons. The van der Waals surface area contributed by atoms with Gasteiger partial charge in [0.05, 0.1) is 6.16 Å². The second-order valence-electron chi connectivity index (χ2n) is 5.48. The van der Waals surface area contributed by atoms with Gasteiger partial charge in [0.25, 0.3) is 0 Å². The Kier molecular flexibility index (Phi) is 6.81. The minimum Gasteiger partial charge on any atom is -0.478 e. The Morgan fingerprint density at radius 2 is 1.95 bits per heavy atom. The molecular formula is C14H25O4P. The van der Waals surface area contributed by atoms with Gasteiger partial charge in [-0.3, -0.25) is 4.57 Å². The average Bonchev–Trinajstić information content (AvgIpc) is 2.36. The topological polar surface area (TPSA) is 74.6 Å². The Balaban J connectivity index is 2.68. The van der Waals surface area contributed by atoms with Crippen molar-refractivity contribution in [3.8, 4) is 0 Å². The van der Waals surface area contributed by atoms with Gasteiger partial charge in [-0.1, -0.05) is 38.7 Å². The number of carbonyl (C=O) groups is 1. The molecule has 1 aliphatic carbocycles. The summed E-state index contributed by atoms with van der Waals surface area (Å²) in [7, 11) is -3.34. The number of hydrogen-bond acceptors (Lipinski definition) is 2. The van der Waals surface area contributed by atoms with E-state index in [2.05, 4.69) is 0 Å². The first-order valence-corrected chi connectivity index (χ1v) is 9.22. The van der Waals surface area contributed by atoms with Crippen LogP contribution in [0.5, 0.6) is 0 Å². The summed E-state index contributed by atoms with van der Waals surface area (Å²) in [6.45, 7) is 1.95. The van der Waals surface area contributed by atoms with Gasteiger partial charge in [0.2, 0.25) is 7.37 Å². The van der Waals surface area contributed by atoms with Gasteiger partial charge in [0, 0.05) is 11.7 Å². The van der Waals surface area contributed by atoms with E-state index in [4.69, 9.17) is 0 Å². The molecule has 5 heteroatoms. The molecule has 1 unspecified atom stereocenters. The Hall–Kier alpha value is -0.600. The summed E-state index contributed by atoms with van der Waals surface area (Å²) in [5.74, 6) is -0.776. The van der Waals surface area contributed by atoms with Crippen molar-refractivity contribution in [1.82, 2.24) is 0 Å². The highest BCUT2D eigenvalue weighted by molar-refractivity contribution is 7.58. The number of hydrogen-bond donors (Lipinski definition) is 2. The first-order chi connectivity index (χ1) is 8.94. The fourth-order valence-electron chi connectivity index (χ4n) is 2.53. The molecule has 0 saturated heterocycles. The first-order valence-electron chi connectivity index (χ1n) is 7.19. The van der Waals surface area contributed by atoms with E-state index in [1.165, 1.54) is 6.42 Å². The number of aliphatic carboxylic acids is 1. The zero-order chi connectivity index (χ0) is 14.3. The van der Waals surface area contributed by atoms with Crippen molar-refractivity contribution in [1.29, 1.82) is 0 Å². The summed E-state index contributed by atoms with van der Waals surface area (Å²) in [6, 6.07) is 0. The second-order valence-corrected chi connectivity index (χ2v) is 7.93. The molecule has 0 aliphatic heterocycles. The highest BCUT2D eigenvalue weighted by Gasteiger charge is 2.24. The molecular weight excluding hydrogens is 263 g/mol. The molecule has 1 saturated carbocycles. The molecule has 0 spiro atoms. The molecule has 1 rings (SSSR count). The van der Waals surface area contributed by atoms with E-state index >= 15 is 0 Å². The Bertz CT molecular complexity index is 370. The van der Waals surface area contributed by atoms with Crippen molar-refractivity contribution in [2.75, 3.05) is 12.3 Å². The minimum atomic E-state index is -3.34. The predicted octanol–water partition coefficient (Wildman–Crippen LogP) is 3.65. The van der Waals surface area contributed by atoms with E-state index in [1.54, 1.807) is 6.08 Å². The summed E-state index contributed by atoms with van der Waals surface area (Å²) < 4.78 is 12.0. The summed E-state index contributed by atoms with van der Waals surface area (Å²) in [4.78, 5) is 21.1. The third-order valence-corrected chi connectivity index (χ3v) is 5.49. The van der Waals surface area contributed by atoms with Crippen molar-refractivity contribution >= 4 is 13.3 Å². The lowest BCUT2D eigenvalue weighted by atomic mass is 9.88. The average molecular weight is 288 g/mol. The molecule has 4 nitrogen and oxygen atoms in total. The van der Waals surface area contributed by atoms with Crippen LogP contribution in [-0.2, 0) is 9.36 Å². The highest BCUT2D eigenvalue weighted by Crippen LogP contribution is 2.43. The first kappa shape index (κ1) is 16.5.